The summed E-state index contributed by atoms with van der Waals surface area (Å²) in [7, 11) is 4.53. The van der Waals surface area contributed by atoms with Crippen LogP contribution >= 0.6 is 0 Å². The molecule has 3 aromatic rings. The van der Waals surface area contributed by atoms with Gasteiger partial charge in [0.05, 0.1) is 33.1 Å². The van der Waals surface area contributed by atoms with Gasteiger partial charge in [0, 0.05) is 11.1 Å². The standard InChI is InChI=1S/C20H18O8/c1-23-11-6-4-10(5-7-11)15-12(8-13(21)22)14-16(24-2)19-20(27-9-26-19)18(25-3)17(14)28-15/h4-7H,8-9H2,1-3H3,(H,21,22). The third-order valence-corrected chi connectivity index (χ3v) is 4.55. The Morgan fingerprint density at radius 1 is 1.00 bits per heavy atom. The Hall–Kier alpha value is -3.55. The molecule has 1 N–H and O–H groups in total. The SMILES string of the molecule is COc1ccc(-c2oc3c(OC)c4c(c(OC)c3c2CC(=O)O)OCO4)cc1. The number of aliphatic carboxylic acids is 1. The molecular weight excluding hydrogens is 368 g/mol. The molecule has 146 valence electrons. The Morgan fingerprint density at radius 2 is 1.64 bits per heavy atom. The lowest BCUT2D eigenvalue weighted by Gasteiger charge is -2.10. The Labute approximate surface area is 160 Å². The van der Waals surface area contributed by atoms with Gasteiger partial charge >= 0.3 is 5.97 Å². The van der Waals surface area contributed by atoms with E-state index in [2.05, 4.69) is 0 Å². The maximum atomic E-state index is 11.6. The first-order valence-electron chi connectivity index (χ1n) is 8.44. The van der Waals surface area contributed by atoms with Crippen molar-refractivity contribution in [1.82, 2.24) is 0 Å². The fourth-order valence-corrected chi connectivity index (χ4v) is 3.37. The number of rotatable bonds is 6. The summed E-state index contributed by atoms with van der Waals surface area (Å²) in [5.74, 6) is 1.48. The Morgan fingerprint density at radius 3 is 2.21 bits per heavy atom. The van der Waals surface area contributed by atoms with Gasteiger partial charge in [0.15, 0.2) is 11.3 Å². The van der Waals surface area contributed by atoms with Crippen LogP contribution in [0, 0.1) is 0 Å². The summed E-state index contributed by atoms with van der Waals surface area (Å²) < 4.78 is 33.4. The van der Waals surface area contributed by atoms with E-state index in [1.165, 1.54) is 14.2 Å². The second-order valence-corrected chi connectivity index (χ2v) is 6.04. The van der Waals surface area contributed by atoms with Crippen LogP contribution in [0.4, 0.5) is 0 Å². The van der Waals surface area contributed by atoms with E-state index < -0.39 is 5.97 Å². The van der Waals surface area contributed by atoms with Crippen molar-refractivity contribution in [3.63, 3.8) is 0 Å². The minimum atomic E-state index is -1.00. The number of ether oxygens (including phenoxy) is 5. The molecule has 0 amide bonds. The zero-order valence-electron chi connectivity index (χ0n) is 15.5. The van der Waals surface area contributed by atoms with Crippen molar-refractivity contribution in [1.29, 1.82) is 0 Å². The number of carboxylic acid groups (broad SMARTS) is 1. The molecule has 0 saturated heterocycles. The summed E-state index contributed by atoms with van der Waals surface area (Å²) >= 11 is 0. The van der Waals surface area contributed by atoms with Gasteiger partial charge in [-0.1, -0.05) is 0 Å². The molecular formula is C20H18O8. The van der Waals surface area contributed by atoms with Gasteiger partial charge in [-0.2, -0.15) is 0 Å². The van der Waals surface area contributed by atoms with Crippen molar-refractivity contribution in [3.05, 3.63) is 29.8 Å². The van der Waals surface area contributed by atoms with Gasteiger partial charge in [-0.05, 0) is 24.3 Å². The second kappa shape index (κ2) is 6.88. The zero-order chi connectivity index (χ0) is 19.8. The van der Waals surface area contributed by atoms with Crippen LogP contribution in [0.25, 0.3) is 22.3 Å². The highest BCUT2D eigenvalue weighted by Gasteiger charge is 2.34. The van der Waals surface area contributed by atoms with Gasteiger partial charge in [0.1, 0.15) is 11.5 Å². The largest absolute Gasteiger partial charge is 0.497 e. The summed E-state index contributed by atoms with van der Waals surface area (Å²) in [4.78, 5) is 11.6. The van der Waals surface area contributed by atoms with Crippen LogP contribution in [0.1, 0.15) is 5.56 Å². The molecule has 4 rings (SSSR count). The predicted octanol–water partition coefficient (Wildman–Crippen LogP) is 3.48. The topological polar surface area (TPSA) is 96.6 Å². The molecule has 0 aliphatic carbocycles. The van der Waals surface area contributed by atoms with Crippen LogP contribution in [-0.2, 0) is 11.2 Å². The van der Waals surface area contributed by atoms with Crippen molar-refractivity contribution in [3.8, 4) is 40.1 Å². The number of hydrogen-bond acceptors (Lipinski definition) is 7. The molecule has 8 nitrogen and oxygen atoms in total. The highest BCUT2D eigenvalue weighted by Crippen LogP contribution is 2.56. The second-order valence-electron chi connectivity index (χ2n) is 6.04. The first-order chi connectivity index (χ1) is 13.6. The normalized spacial score (nSPS) is 12.2. The first-order valence-corrected chi connectivity index (χ1v) is 8.44. The minimum Gasteiger partial charge on any atom is -0.497 e. The molecule has 1 aliphatic rings. The smallest absolute Gasteiger partial charge is 0.307 e. The number of benzene rings is 2. The molecule has 1 aliphatic heterocycles. The van der Waals surface area contributed by atoms with Crippen LogP contribution in [0.3, 0.4) is 0 Å². The third-order valence-electron chi connectivity index (χ3n) is 4.55. The van der Waals surface area contributed by atoms with Crippen LogP contribution in [0.5, 0.6) is 28.7 Å². The predicted molar refractivity (Wildman–Crippen MR) is 98.8 cm³/mol. The van der Waals surface area contributed by atoms with E-state index in [4.69, 9.17) is 28.1 Å². The van der Waals surface area contributed by atoms with Crippen molar-refractivity contribution in [2.24, 2.45) is 0 Å². The highest BCUT2D eigenvalue weighted by molar-refractivity contribution is 6.02. The maximum absolute atomic E-state index is 11.6. The van der Waals surface area contributed by atoms with Crippen LogP contribution in [0.15, 0.2) is 28.7 Å². The lowest BCUT2D eigenvalue weighted by Crippen LogP contribution is -2.01. The van der Waals surface area contributed by atoms with Gasteiger partial charge in [0.25, 0.3) is 0 Å². The summed E-state index contributed by atoms with van der Waals surface area (Å²) in [6, 6.07) is 7.13. The Kier molecular flexibility index (Phi) is 4.38. The maximum Gasteiger partial charge on any atom is 0.307 e. The molecule has 8 heteroatoms. The van der Waals surface area contributed by atoms with Crippen LogP contribution in [-0.4, -0.2) is 39.2 Å². The number of hydrogen-bond donors (Lipinski definition) is 1. The number of carboxylic acids is 1. The third kappa shape index (κ3) is 2.65. The molecule has 28 heavy (non-hydrogen) atoms. The molecule has 0 spiro atoms. The Balaban J connectivity index is 2.06. The molecule has 0 atom stereocenters. The van der Waals surface area contributed by atoms with Gasteiger partial charge < -0.3 is 33.2 Å². The Bertz CT molecular complexity index is 1050. The highest BCUT2D eigenvalue weighted by atomic mass is 16.7. The van der Waals surface area contributed by atoms with Gasteiger partial charge in [-0.25, -0.2) is 0 Å². The number of methoxy groups -OCH3 is 3. The lowest BCUT2D eigenvalue weighted by atomic mass is 10.0. The summed E-state index contributed by atoms with van der Waals surface area (Å²) in [6.45, 7) is 0.00820. The summed E-state index contributed by atoms with van der Waals surface area (Å²) in [6.07, 6.45) is -0.270. The fraction of sp³-hybridized carbons (Fsp3) is 0.250. The average Bonchev–Trinajstić information content (AvgIpc) is 3.31. The van der Waals surface area contributed by atoms with Crippen molar-refractivity contribution in [2.75, 3.05) is 28.1 Å². The van der Waals surface area contributed by atoms with E-state index in [1.807, 2.05) is 0 Å². The van der Waals surface area contributed by atoms with Crippen molar-refractivity contribution < 1.29 is 38.0 Å². The number of furan rings is 1. The van der Waals surface area contributed by atoms with E-state index in [9.17, 15) is 9.90 Å². The molecule has 2 heterocycles. The molecule has 2 aromatic carbocycles. The zero-order valence-corrected chi connectivity index (χ0v) is 15.5. The molecule has 0 fully saturated rings. The van der Waals surface area contributed by atoms with Crippen molar-refractivity contribution in [2.45, 2.75) is 6.42 Å². The van der Waals surface area contributed by atoms with Gasteiger partial charge in [-0.15, -0.1) is 0 Å². The molecule has 0 radical (unpaired) electrons. The summed E-state index contributed by atoms with van der Waals surface area (Å²) in [5.41, 5.74) is 1.49. The first kappa shape index (κ1) is 17.8. The van der Waals surface area contributed by atoms with Crippen molar-refractivity contribution >= 4 is 16.9 Å². The van der Waals surface area contributed by atoms with Crippen LogP contribution in [0.2, 0.25) is 0 Å². The van der Waals surface area contributed by atoms with E-state index in [-0.39, 0.29) is 13.2 Å². The fourth-order valence-electron chi connectivity index (χ4n) is 3.37. The van der Waals surface area contributed by atoms with Gasteiger partial charge in [-0.3, -0.25) is 4.79 Å². The quantitative estimate of drug-likeness (QED) is 0.688. The van der Waals surface area contributed by atoms with E-state index >= 15 is 0 Å². The molecule has 0 unspecified atom stereocenters. The van der Waals surface area contributed by atoms with Gasteiger partial charge in [0.2, 0.25) is 24.0 Å². The minimum absolute atomic E-state index is 0.00820. The number of carbonyl (C=O) groups is 1. The number of fused-ring (bicyclic) bond motifs is 2. The monoisotopic (exact) mass is 386 g/mol. The van der Waals surface area contributed by atoms with E-state index in [0.29, 0.717) is 56.6 Å². The van der Waals surface area contributed by atoms with Crippen LogP contribution < -0.4 is 23.7 Å². The van der Waals surface area contributed by atoms with E-state index in [1.54, 1.807) is 31.4 Å². The average molecular weight is 386 g/mol. The van der Waals surface area contributed by atoms with E-state index in [0.717, 1.165) is 0 Å². The molecule has 0 bridgehead atoms. The molecule has 1 aromatic heterocycles. The summed E-state index contributed by atoms with van der Waals surface area (Å²) in [5, 5.41) is 9.98. The lowest BCUT2D eigenvalue weighted by molar-refractivity contribution is -0.136. The molecule has 0 saturated carbocycles.